The van der Waals surface area contributed by atoms with E-state index in [0.29, 0.717) is 59.7 Å². The Morgan fingerprint density at radius 2 is 1.06 bits per heavy atom. The normalized spacial score (nSPS) is 15.1. The van der Waals surface area contributed by atoms with Gasteiger partial charge in [0, 0.05) is 69.0 Å². The molecule has 0 unspecified atom stereocenters. The second kappa shape index (κ2) is 45.9. The van der Waals surface area contributed by atoms with Gasteiger partial charge in [-0.1, -0.05) is 94.3 Å². The summed E-state index contributed by atoms with van der Waals surface area (Å²) < 4.78 is 0. The van der Waals surface area contributed by atoms with E-state index < -0.39 is 181 Å². The first kappa shape index (κ1) is 89.8. The lowest BCUT2D eigenvalue weighted by molar-refractivity contribution is -0.142. The molecule has 11 atom stereocenters. The lowest BCUT2D eigenvalue weighted by Crippen LogP contribution is -2.60. The van der Waals surface area contributed by atoms with E-state index in [1.165, 1.54) is 41.7 Å². The number of likely N-dealkylation sites (tertiary alicyclic amines) is 1. The molecule has 0 radical (unpaired) electrons. The molecule has 2 aromatic heterocycles. The third-order valence-electron chi connectivity index (χ3n) is 18.6. The number of primary amides is 1. The Labute approximate surface area is 652 Å². The number of benzene rings is 3. The lowest BCUT2D eigenvalue weighted by Gasteiger charge is -2.30. The molecule has 6 rings (SSSR count). The Morgan fingerprint density at radius 3 is 1.62 bits per heavy atom. The number of aromatic hydroxyl groups is 1. The molecule has 0 spiro atoms. The summed E-state index contributed by atoms with van der Waals surface area (Å²) in [4.78, 5) is 206. The van der Waals surface area contributed by atoms with Crippen molar-refractivity contribution in [2.24, 2.45) is 23.1 Å². The van der Waals surface area contributed by atoms with Crippen LogP contribution in [0, 0.1) is 11.3 Å². The number of aromatic amines is 2. The van der Waals surface area contributed by atoms with Gasteiger partial charge in [-0.05, 0) is 98.7 Å². The average Bonchev–Trinajstić information content (AvgIpc) is 1.72. The number of nitrogens with two attached hydrogens (primary N) is 3. The molecule has 1 fully saturated rings. The zero-order valence-electron chi connectivity index (χ0n) is 63.7. The number of fused-ring (bicyclic) bond motifs is 1. The van der Waals surface area contributed by atoms with Gasteiger partial charge < -0.3 is 117 Å². The van der Waals surface area contributed by atoms with Crippen LogP contribution in [0.3, 0.4) is 0 Å². The minimum Gasteiger partial charge on any atom is -0.508 e. The zero-order chi connectivity index (χ0) is 82.7. The number of aliphatic hydroxyl groups is 2. The number of rotatable bonds is 47. The summed E-state index contributed by atoms with van der Waals surface area (Å²) in [5, 5.41) is 72.0. The third-order valence-corrected chi connectivity index (χ3v) is 18.6. The van der Waals surface area contributed by atoms with Gasteiger partial charge in [0.25, 0.3) is 0 Å². The largest absolute Gasteiger partial charge is 0.508 e. The van der Waals surface area contributed by atoms with Gasteiger partial charge in [-0.15, -0.1) is 0 Å². The van der Waals surface area contributed by atoms with Gasteiger partial charge in [0.1, 0.15) is 72.2 Å². The number of phenols is 1. The van der Waals surface area contributed by atoms with Crippen molar-refractivity contribution in [2.45, 2.75) is 184 Å². The van der Waals surface area contributed by atoms with Gasteiger partial charge in [0.05, 0.1) is 38.3 Å². The number of guanidine groups is 1. The number of carbonyl (C=O) groups is 14. The molecule has 3 heterocycles. The second-order valence-corrected chi connectivity index (χ2v) is 27.8. The van der Waals surface area contributed by atoms with Crippen molar-refractivity contribution in [3.8, 4) is 5.75 Å². The number of carbonyl (C=O) groups excluding carboxylic acids is 14. The van der Waals surface area contributed by atoms with E-state index in [1.54, 1.807) is 81.6 Å². The SMILES string of the molecule is CCCC[C@H](NC(=O)[C@H](CO)NC(=O)[C@H](Cc1ccc(O)cc1)NC(=O)[C@H](CO)NC(C)=O)C(=O)NCC(=O)N[C@@H](Cc1c[nH]cn1)C(=O)N[C@@H](Cc1ccccc1)C(=O)N[C@@H](CCCNC(=N)N)C(=O)N[C@@H](Cc1c[nH]c2ccccc12)C(=O)NCC(=O)N[C@@H](CCCCN)C(=O)N1CCC[C@H]1C(=O)N[C@H](C(N)=O)C(C)C. The molecule has 5 aromatic rings. The minimum absolute atomic E-state index is 0.0154. The van der Waals surface area contributed by atoms with Crippen LogP contribution >= 0.6 is 0 Å². The van der Waals surface area contributed by atoms with Crippen LogP contribution < -0.4 is 86.3 Å². The molecule has 1 saturated heterocycles. The Kier molecular flexibility index (Phi) is 36.5. The summed E-state index contributed by atoms with van der Waals surface area (Å²) in [7, 11) is 0. The Morgan fingerprint density at radius 1 is 0.558 bits per heavy atom. The Balaban J connectivity index is 1.19. The molecule has 1 aliphatic heterocycles. The average molecular weight is 1570 g/mol. The predicted octanol–water partition coefficient (Wildman–Crippen LogP) is -4.33. The van der Waals surface area contributed by atoms with Crippen LogP contribution in [-0.2, 0) is 92.8 Å². The maximum Gasteiger partial charge on any atom is 0.245 e. The monoisotopic (exact) mass is 1570 g/mol. The molecule has 25 N–H and O–H groups in total. The summed E-state index contributed by atoms with van der Waals surface area (Å²) >= 11 is 0. The topological polar surface area (TPSA) is 606 Å². The van der Waals surface area contributed by atoms with Crippen molar-refractivity contribution < 1.29 is 82.4 Å². The summed E-state index contributed by atoms with van der Waals surface area (Å²) in [5.74, 6) is -12.7. The van der Waals surface area contributed by atoms with Crippen LogP contribution in [0.2, 0.25) is 0 Å². The van der Waals surface area contributed by atoms with Gasteiger partial charge >= 0.3 is 0 Å². The van der Waals surface area contributed by atoms with Crippen molar-refractivity contribution >= 4 is 99.6 Å². The molecule has 0 saturated carbocycles. The number of nitrogens with one attached hydrogen (secondary N) is 16. The zero-order valence-corrected chi connectivity index (χ0v) is 63.7. The number of aliphatic hydroxyl groups excluding tert-OH is 2. The van der Waals surface area contributed by atoms with Gasteiger partial charge in [0.15, 0.2) is 5.96 Å². The first-order chi connectivity index (χ1) is 54.0. The van der Waals surface area contributed by atoms with Crippen molar-refractivity contribution in [2.75, 3.05) is 45.9 Å². The van der Waals surface area contributed by atoms with Crippen LogP contribution in [0.5, 0.6) is 5.75 Å². The standard InChI is InChI=1S/C75H107N21O17/c1-5-6-19-51(89-72(111)59(40-98)94-69(108)55(32-45-24-26-48(100)27-25-45)92-71(110)58(39-97)86-43(4)99)65(104)83-38-62(102)88-57(34-47-36-80-41-85-47)70(109)91-54(31-44-16-8-7-9-17-44)68(107)90-52(22-14-29-81-75(78)79)67(106)93-56(33-46-35-82-50-20-11-10-18-49(46)50)66(105)84-37-61(101)87-53(21-12-13-28-76)74(113)96-30-15-23-60(96)73(112)95-63(42(2)3)64(77)103/h7-11,16-18,20,24-27,35-36,41-42,51-60,63,82,97-98,100H,5-6,12-15,19,21-23,28-34,37-40,76H2,1-4H3,(H2,77,103)(H,80,85)(H,83,104)(H,84,105)(H,86,99)(H,87,101)(H,88,102)(H,89,111)(H,90,107)(H,91,109)(H,92,110)(H,93,106)(H,94,108)(H,95,112)(H4,78,79,81)/t51-,52-,53-,54-,55-,56-,57-,58-,59-,60-,63-/m0/s1. The van der Waals surface area contributed by atoms with E-state index in [9.17, 15) is 77.6 Å². The van der Waals surface area contributed by atoms with Gasteiger partial charge in [-0.25, -0.2) is 4.98 Å². The van der Waals surface area contributed by atoms with E-state index in [1.807, 2.05) is 0 Å². The second-order valence-electron chi connectivity index (χ2n) is 27.8. The van der Waals surface area contributed by atoms with Crippen LogP contribution in [-0.4, -0.2) is 236 Å². The molecule has 1 aliphatic rings. The molecular weight excluding hydrogens is 1470 g/mol. The molecule has 14 amide bonds. The van der Waals surface area contributed by atoms with Crippen molar-refractivity contribution in [3.63, 3.8) is 0 Å². The van der Waals surface area contributed by atoms with E-state index >= 15 is 4.79 Å². The number of unbranched alkanes of at least 4 members (excludes halogenated alkanes) is 2. The first-order valence-corrected chi connectivity index (χ1v) is 37.5. The van der Waals surface area contributed by atoms with Crippen LogP contribution in [0.15, 0.2) is 97.6 Å². The highest BCUT2D eigenvalue weighted by molar-refractivity contribution is 6.00. The van der Waals surface area contributed by atoms with E-state index in [0.717, 1.165) is 6.92 Å². The molecule has 3 aromatic carbocycles. The smallest absolute Gasteiger partial charge is 0.245 e. The maximum absolute atomic E-state index is 15.0. The number of H-pyrrole nitrogens is 2. The number of hydrogen-bond acceptors (Lipinski definition) is 20. The summed E-state index contributed by atoms with van der Waals surface area (Å²) in [6, 6.07) is 5.83. The summed E-state index contributed by atoms with van der Waals surface area (Å²) in [6.45, 7) is 3.42. The lowest BCUT2D eigenvalue weighted by atomic mass is 10.0. The van der Waals surface area contributed by atoms with Crippen molar-refractivity contribution in [1.82, 2.24) is 89.0 Å². The Hall–Kier alpha value is -12.1. The Bertz CT molecular complexity index is 4050. The number of para-hydroxylation sites is 1. The summed E-state index contributed by atoms with van der Waals surface area (Å²) in [5.41, 5.74) is 19.4. The summed E-state index contributed by atoms with van der Waals surface area (Å²) in [6.07, 6.45) is 5.95. The van der Waals surface area contributed by atoms with Gasteiger partial charge in [-0.2, -0.15) is 0 Å². The van der Waals surface area contributed by atoms with Crippen LogP contribution in [0.1, 0.15) is 114 Å². The van der Waals surface area contributed by atoms with Crippen molar-refractivity contribution in [3.05, 3.63) is 120 Å². The highest BCUT2D eigenvalue weighted by Gasteiger charge is 2.40. The molecule has 0 bridgehead atoms. The number of amides is 14. The molecule has 38 heteroatoms. The van der Waals surface area contributed by atoms with E-state index in [-0.39, 0.29) is 94.8 Å². The van der Waals surface area contributed by atoms with E-state index in [2.05, 4.69) is 84.1 Å². The fraction of sp³-hybridized carbons (Fsp3) is 0.493. The number of imidazole rings is 1. The predicted molar refractivity (Wildman–Crippen MR) is 412 cm³/mol. The molecule has 0 aliphatic carbocycles. The van der Waals surface area contributed by atoms with Gasteiger partial charge in [0.2, 0.25) is 82.7 Å². The highest BCUT2D eigenvalue weighted by atomic mass is 16.3. The van der Waals surface area contributed by atoms with Crippen LogP contribution in [0.4, 0.5) is 0 Å². The number of phenolic OH excluding ortho intramolecular Hbond substituents is 1. The molecular formula is C75H107N21O17. The fourth-order valence-corrected chi connectivity index (χ4v) is 12.6. The first-order valence-electron chi connectivity index (χ1n) is 37.5. The van der Waals surface area contributed by atoms with E-state index in [4.69, 9.17) is 22.6 Å². The fourth-order valence-electron chi connectivity index (χ4n) is 12.6. The maximum atomic E-state index is 15.0. The quantitative estimate of drug-likeness (QED) is 0.00995. The van der Waals surface area contributed by atoms with Gasteiger partial charge in [-0.3, -0.25) is 72.5 Å². The number of aromatic nitrogens is 3. The number of nitrogens with zero attached hydrogens (tertiary/aromatic N) is 2. The minimum atomic E-state index is -1.74. The number of hydrogen-bond donors (Lipinski definition) is 22. The molecule has 614 valence electrons. The molecule has 38 nitrogen and oxygen atoms in total. The van der Waals surface area contributed by atoms with Crippen LogP contribution in [0.25, 0.3) is 10.9 Å². The van der Waals surface area contributed by atoms with Crippen molar-refractivity contribution in [1.29, 1.82) is 5.41 Å². The highest BCUT2D eigenvalue weighted by Crippen LogP contribution is 2.23. The third kappa shape index (κ3) is 29.3. The molecule has 113 heavy (non-hydrogen) atoms.